The van der Waals surface area contributed by atoms with Crippen molar-refractivity contribution in [1.29, 1.82) is 0 Å². The molecule has 0 aliphatic rings. The molecule has 1 aromatic heterocycles. The molecule has 1 heterocycles. The highest BCUT2D eigenvalue weighted by atomic mass is 32.2. The summed E-state index contributed by atoms with van der Waals surface area (Å²) in [6.07, 6.45) is 4.20. The van der Waals surface area contributed by atoms with Gasteiger partial charge in [-0.25, -0.2) is 13.8 Å². The Bertz CT molecular complexity index is 1090. The summed E-state index contributed by atoms with van der Waals surface area (Å²) in [6, 6.07) is 12.6. The first-order valence-corrected chi connectivity index (χ1v) is 10.7. The van der Waals surface area contributed by atoms with E-state index in [9.17, 15) is 13.2 Å². The molecule has 0 unspecified atom stereocenters. The van der Waals surface area contributed by atoms with Gasteiger partial charge < -0.3 is 9.47 Å². The number of nitrogens with one attached hydrogen (secondary N) is 1. The lowest BCUT2D eigenvalue weighted by molar-refractivity contribution is 0.100. The molecular weight excluding hydrogens is 394 g/mol. The smallest absolute Gasteiger partial charge is 0.271 e. The molecule has 3 rings (SSSR count). The first-order chi connectivity index (χ1) is 13.7. The van der Waals surface area contributed by atoms with Crippen LogP contribution in [0.15, 0.2) is 65.8 Å². The maximum atomic E-state index is 12.6. The average Bonchev–Trinajstić information content (AvgIpc) is 3.13. The van der Waals surface area contributed by atoms with E-state index < -0.39 is 9.84 Å². The molecule has 1 N–H and O–H groups in total. The van der Waals surface area contributed by atoms with E-state index >= 15 is 0 Å². The minimum atomic E-state index is -3.29. The number of hydrogen-bond donors (Lipinski definition) is 1. The summed E-state index contributed by atoms with van der Waals surface area (Å²) in [4.78, 5) is 14.0. The van der Waals surface area contributed by atoms with Crippen LogP contribution >= 0.6 is 0 Å². The normalized spacial score (nSPS) is 11.3. The highest BCUT2D eigenvalue weighted by Gasteiger charge is 2.13. The van der Waals surface area contributed by atoms with Gasteiger partial charge in [-0.1, -0.05) is 0 Å². The molecule has 2 aromatic carbocycles. The van der Waals surface area contributed by atoms with Crippen molar-refractivity contribution in [2.45, 2.75) is 24.8 Å². The molecule has 0 fully saturated rings. The Kier molecular flexibility index (Phi) is 5.88. The maximum Gasteiger partial charge on any atom is 0.271 e. The Morgan fingerprint density at radius 3 is 2.34 bits per heavy atom. The molecule has 3 aromatic rings. The Morgan fingerprint density at radius 2 is 1.76 bits per heavy atom. The highest BCUT2D eigenvalue weighted by molar-refractivity contribution is 7.90. The Morgan fingerprint density at radius 1 is 1.07 bits per heavy atom. The van der Waals surface area contributed by atoms with Crippen molar-refractivity contribution in [3.05, 3.63) is 66.5 Å². The summed E-state index contributed by atoms with van der Waals surface area (Å²) >= 11 is 0. The van der Waals surface area contributed by atoms with Crippen molar-refractivity contribution >= 4 is 15.7 Å². The van der Waals surface area contributed by atoms with E-state index in [2.05, 4.69) is 10.5 Å². The molecule has 1 amide bonds. The van der Waals surface area contributed by atoms with Gasteiger partial charge in [-0.15, -0.1) is 0 Å². The number of amides is 1. The standard InChI is InChI=1S/C20H21N3O5S/c1-14(2)27-17-11-15(20(24)22-23-10-4-9-21-23)12-18(13-17)28-16-5-7-19(8-6-16)29(3,25)26/h4-14H,1-3H3,(H,22,24). The summed E-state index contributed by atoms with van der Waals surface area (Å²) in [5, 5.41) is 3.94. The number of ether oxygens (including phenoxy) is 2. The van der Waals surface area contributed by atoms with Gasteiger partial charge in [0.2, 0.25) is 0 Å². The van der Waals surface area contributed by atoms with Crippen molar-refractivity contribution in [3.8, 4) is 17.2 Å². The van der Waals surface area contributed by atoms with E-state index in [1.165, 1.54) is 16.9 Å². The third kappa shape index (κ3) is 5.58. The zero-order chi connectivity index (χ0) is 21.0. The average molecular weight is 415 g/mol. The van der Waals surface area contributed by atoms with Crippen LogP contribution in [0.3, 0.4) is 0 Å². The maximum absolute atomic E-state index is 12.6. The SMILES string of the molecule is CC(C)Oc1cc(Oc2ccc(S(C)(=O)=O)cc2)cc(C(=O)Nn2cccn2)c1. The summed E-state index contributed by atoms with van der Waals surface area (Å²) in [7, 11) is -3.29. The van der Waals surface area contributed by atoms with E-state index in [-0.39, 0.29) is 16.9 Å². The second-order valence-corrected chi connectivity index (χ2v) is 8.61. The van der Waals surface area contributed by atoms with Crippen LogP contribution in [-0.4, -0.2) is 36.6 Å². The molecule has 0 bridgehead atoms. The van der Waals surface area contributed by atoms with Crippen LogP contribution in [0.4, 0.5) is 0 Å². The van der Waals surface area contributed by atoms with Crippen molar-refractivity contribution in [1.82, 2.24) is 9.89 Å². The van der Waals surface area contributed by atoms with Crippen LogP contribution in [-0.2, 0) is 9.84 Å². The molecule has 8 nitrogen and oxygen atoms in total. The number of hydrogen-bond acceptors (Lipinski definition) is 6. The number of aromatic nitrogens is 2. The second-order valence-electron chi connectivity index (χ2n) is 6.60. The predicted octanol–water partition coefficient (Wildman–Crippen LogP) is 3.25. The van der Waals surface area contributed by atoms with Gasteiger partial charge >= 0.3 is 0 Å². The number of rotatable bonds is 7. The van der Waals surface area contributed by atoms with Gasteiger partial charge in [-0.05, 0) is 56.3 Å². The summed E-state index contributed by atoms with van der Waals surface area (Å²) < 4.78 is 34.7. The molecule has 29 heavy (non-hydrogen) atoms. The lowest BCUT2D eigenvalue weighted by Gasteiger charge is -2.14. The predicted molar refractivity (Wildman–Crippen MR) is 108 cm³/mol. The van der Waals surface area contributed by atoms with E-state index in [0.717, 1.165) is 6.26 Å². The Balaban J connectivity index is 1.87. The van der Waals surface area contributed by atoms with Crippen LogP contribution in [0.1, 0.15) is 24.2 Å². The topological polar surface area (TPSA) is 99.5 Å². The molecule has 0 atom stereocenters. The number of nitrogens with zero attached hydrogens (tertiary/aromatic N) is 2. The summed E-state index contributed by atoms with van der Waals surface area (Å²) in [5.41, 5.74) is 2.94. The van der Waals surface area contributed by atoms with E-state index in [1.807, 2.05) is 13.8 Å². The van der Waals surface area contributed by atoms with E-state index in [1.54, 1.807) is 48.8 Å². The van der Waals surface area contributed by atoms with E-state index in [4.69, 9.17) is 9.47 Å². The van der Waals surface area contributed by atoms with Crippen LogP contribution < -0.4 is 14.9 Å². The van der Waals surface area contributed by atoms with Crippen LogP contribution in [0.2, 0.25) is 0 Å². The van der Waals surface area contributed by atoms with Gasteiger partial charge in [0.05, 0.1) is 17.2 Å². The van der Waals surface area contributed by atoms with Crippen molar-refractivity contribution in [2.24, 2.45) is 0 Å². The Hall–Kier alpha value is -3.33. The number of carbonyl (C=O) groups is 1. The van der Waals surface area contributed by atoms with Gasteiger partial charge in [0.1, 0.15) is 17.2 Å². The molecule has 0 spiro atoms. The van der Waals surface area contributed by atoms with E-state index in [0.29, 0.717) is 22.8 Å². The molecular formula is C20H21N3O5S. The number of sulfone groups is 1. The molecule has 152 valence electrons. The molecule has 0 radical (unpaired) electrons. The van der Waals surface area contributed by atoms with Gasteiger partial charge in [0.15, 0.2) is 9.84 Å². The lowest BCUT2D eigenvalue weighted by Crippen LogP contribution is -2.23. The minimum absolute atomic E-state index is 0.0960. The van der Waals surface area contributed by atoms with Crippen molar-refractivity contribution < 1.29 is 22.7 Å². The molecule has 0 aliphatic carbocycles. The highest BCUT2D eigenvalue weighted by Crippen LogP contribution is 2.29. The third-order valence-corrected chi connectivity index (χ3v) is 4.85. The van der Waals surface area contributed by atoms with Crippen LogP contribution in [0.25, 0.3) is 0 Å². The molecule has 9 heteroatoms. The monoisotopic (exact) mass is 415 g/mol. The number of carbonyl (C=O) groups excluding carboxylic acids is 1. The largest absolute Gasteiger partial charge is 0.491 e. The van der Waals surface area contributed by atoms with Crippen molar-refractivity contribution in [3.63, 3.8) is 0 Å². The van der Waals surface area contributed by atoms with Gasteiger partial charge in [0.25, 0.3) is 5.91 Å². The Labute approximate surface area is 169 Å². The molecule has 0 saturated heterocycles. The van der Waals surface area contributed by atoms with Crippen LogP contribution in [0, 0.1) is 0 Å². The summed E-state index contributed by atoms with van der Waals surface area (Å²) in [6.45, 7) is 3.75. The zero-order valence-electron chi connectivity index (χ0n) is 16.2. The first kappa shape index (κ1) is 20.4. The van der Waals surface area contributed by atoms with Crippen molar-refractivity contribution in [2.75, 3.05) is 11.7 Å². The second kappa shape index (κ2) is 8.36. The fourth-order valence-corrected chi connectivity index (χ4v) is 3.13. The van der Waals surface area contributed by atoms with Crippen LogP contribution in [0.5, 0.6) is 17.2 Å². The molecule has 0 aliphatic heterocycles. The fourth-order valence-electron chi connectivity index (χ4n) is 2.50. The van der Waals surface area contributed by atoms with Gasteiger partial charge in [-0.2, -0.15) is 9.89 Å². The fraction of sp³-hybridized carbons (Fsp3) is 0.200. The number of benzene rings is 2. The third-order valence-electron chi connectivity index (χ3n) is 3.72. The quantitative estimate of drug-likeness (QED) is 0.636. The molecule has 0 saturated carbocycles. The van der Waals surface area contributed by atoms with Gasteiger partial charge in [0, 0.05) is 24.1 Å². The zero-order valence-corrected chi connectivity index (χ0v) is 17.0. The summed E-state index contributed by atoms with van der Waals surface area (Å²) in [5.74, 6) is 0.884. The van der Waals surface area contributed by atoms with Gasteiger partial charge in [-0.3, -0.25) is 4.79 Å². The first-order valence-electron chi connectivity index (χ1n) is 8.81. The minimum Gasteiger partial charge on any atom is -0.491 e. The lowest BCUT2D eigenvalue weighted by atomic mass is 10.2.